The highest BCUT2D eigenvalue weighted by molar-refractivity contribution is 7.92. The summed E-state index contributed by atoms with van der Waals surface area (Å²) in [5.74, 6) is -0.490. The van der Waals surface area contributed by atoms with Crippen LogP contribution in [0.5, 0.6) is 0 Å². The number of rotatable bonds is 5. The molecule has 0 saturated carbocycles. The lowest BCUT2D eigenvalue weighted by atomic mass is 10.2. The van der Waals surface area contributed by atoms with Crippen LogP contribution in [0.3, 0.4) is 0 Å². The molecular weight excluding hydrogens is 243 g/mol. The summed E-state index contributed by atoms with van der Waals surface area (Å²) in [5, 5.41) is 0. The number of nitrogens with two attached hydrogens (primary N) is 1. The number of hydrogen-bond acceptors (Lipinski definition) is 3. The quantitative estimate of drug-likeness (QED) is 0.871. The van der Waals surface area contributed by atoms with E-state index in [9.17, 15) is 12.8 Å². The van der Waals surface area contributed by atoms with E-state index in [-0.39, 0.29) is 18.8 Å². The molecule has 0 heterocycles. The minimum atomic E-state index is -3.36. The topological polar surface area (TPSA) is 63.4 Å². The lowest BCUT2D eigenvalue weighted by Crippen LogP contribution is -2.32. The second-order valence-electron chi connectivity index (χ2n) is 3.55. The maximum absolute atomic E-state index is 13.5. The van der Waals surface area contributed by atoms with Gasteiger partial charge in [0.15, 0.2) is 0 Å². The predicted molar refractivity (Wildman–Crippen MR) is 66.8 cm³/mol. The summed E-state index contributed by atoms with van der Waals surface area (Å²) >= 11 is 0. The summed E-state index contributed by atoms with van der Waals surface area (Å²) in [7, 11) is -3.36. The molecule has 0 spiro atoms. The zero-order valence-corrected chi connectivity index (χ0v) is 10.8. The first-order valence-electron chi connectivity index (χ1n) is 5.45. The van der Waals surface area contributed by atoms with Crippen LogP contribution in [0.15, 0.2) is 18.2 Å². The van der Waals surface area contributed by atoms with E-state index < -0.39 is 15.8 Å². The van der Waals surface area contributed by atoms with Crippen molar-refractivity contribution in [2.75, 3.05) is 16.6 Å². The molecule has 0 bridgehead atoms. The molecule has 4 nitrogen and oxygen atoms in total. The molecule has 0 fully saturated rings. The normalized spacial score (nSPS) is 11.5. The van der Waals surface area contributed by atoms with E-state index in [0.717, 1.165) is 0 Å². The Labute approximate surface area is 101 Å². The molecule has 17 heavy (non-hydrogen) atoms. The molecule has 0 amide bonds. The summed E-state index contributed by atoms with van der Waals surface area (Å²) in [6.07, 6.45) is 0. The molecule has 0 unspecified atom stereocenters. The molecule has 0 radical (unpaired) electrons. The Morgan fingerprint density at radius 2 is 2.00 bits per heavy atom. The molecule has 0 saturated heterocycles. The first kappa shape index (κ1) is 13.9. The van der Waals surface area contributed by atoms with Crippen molar-refractivity contribution in [2.24, 2.45) is 5.73 Å². The van der Waals surface area contributed by atoms with Crippen molar-refractivity contribution in [3.8, 4) is 0 Å². The zero-order valence-electron chi connectivity index (χ0n) is 9.98. The van der Waals surface area contributed by atoms with Gasteiger partial charge >= 0.3 is 0 Å². The third-order valence-electron chi connectivity index (χ3n) is 2.53. The van der Waals surface area contributed by atoms with Crippen molar-refractivity contribution in [1.82, 2.24) is 0 Å². The number of halogens is 1. The van der Waals surface area contributed by atoms with E-state index in [1.807, 2.05) is 0 Å². The molecule has 6 heteroatoms. The Hall–Kier alpha value is -1.14. The standard InChI is InChI=1S/C11H17FN2O2S/c1-3-14(17(15,16)4-2)10-6-5-9(8-13)11(12)7-10/h5-7H,3-4,8,13H2,1-2H3. The third kappa shape index (κ3) is 2.95. The van der Waals surface area contributed by atoms with Gasteiger partial charge in [-0.2, -0.15) is 0 Å². The van der Waals surface area contributed by atoms with E-state index in [1.54, 1.807) is 19.9 Å². The fraction of sp³-hybridized carbons (Fsp3) is 0.455. The molecule has 0 aliphatic heterocycles. The highest BCUT2D eigenvalue weighted by Crippen LogP contribution is 2.21. The SMILES string of the molecule is CCN(c1ccc(CN)c(F)c1)S(=O)(=O)CC. The molecule has 96 valence electrons. The molecular formula is C11H17FN2O2S. The van der Waals surface area contributed by atoms with Gasteiger partial charge in [-0.1, -0.05) is 6.07 Å². The lowest BCUT2D eigenvalue weighted by Gasteiger charge is -2.22. The van der Waals surface area contributed by atoms with Crippen LogP contribution in [0.4, 0.5) is 10.1 Å². The predicted octanol–water partition coefficient (Wildman–Crippen LogP) is 1.46. The molecule has 0 aromatic heterocycles. The van der Waals surface area contributed by atoms with Gasteiger partial charge in [-0.25, -0.2) is 12.8 Å². The summed E-state index contributed by atoms with van der Waals surface area (Å²) in [6, 6.07) is 4.29. The van der Waals surface area contributed by atoms with Gasteiger partial charge in [0, 0.05) is 18.7 Å². The monoisotopic (exact) mass is 260 g/mol. The van der Waals surface area contributed by atoms with Crippen LogP contribution in [0.1, 0.15) is 19.4 Å². The Morgan fingerprint density at radius 1 is 1.35 bits per heavy atom. The largest absolute Gasteiger partial charge is 0.326 e. The zero-order chi connectivity index (χ0) is 13.1. The highest BCUT2D eigenvalue weighted by Gasteiger charge is 2.19. The first-order valence-corrected chi connectivity index (χ1v) is 7.06. The Kier molecular flexibility index (Phi) is 4.47. The van der Waals surface area contributed by atoms with Crippen LogP contribution in [0, 0.1) is 5.82 Å². The molecule has 1 aromatic carbocycles. The van der Waals surface area contributed by atoms with Gasteiger partial charge in [0.1, 0.15) is 5.82 Å². The first-order chi connectivity index (χ1) is 7.96. The summed E-state index contributed by atoms with van der Waals surface area (Å²) in [6.45, 7) is 3.64. The van der Waals surface area contributed by atoms with Crippen LogP contribution >= 0.6 is 0 Å². The van der Waals surface area contributed by atoms with Crippen molar-refractivity contribution in [2.45, 2.75) is 20.4 Å². The maximum atomic E-state index is 13.5. The summed E-state index contributed by atoms with van der Waals surface area (Å²) in [5.41, 5.74) is 6.06. The van der Waals surface area contributed by atoms with Crippen molar-refractivity contribution in [3.05, 3.63) is 29.6 Å². The third-order valence-corrected chi connectivity index (χ3v) is 4.40. The fourth-order valence-corrected chi connectivity index (χ4v) is 2.69. The molecule has 0 aliphatic carbocycles. The van der Waals surface area contributed by atoms with Gasteiger partial charge in [0.2, 0.25) is 10.0 Å². The van der Waals surface area contributed by atoms with E-state index in [4.69, 9.17) is 5.73 Å². The van der Waals surface area contributed by atoms with Crippen molar-refractivity contribution < 1.29 is 12.8 Å². The Balaban J connectivity index is 3.19. The minimum absolute atomic E-state index is 0.0128. The molecule has 2 N–H and O–H groups in total. The molecule has 1 rings (SSSR count). The van der Waals surface area contributed by atoms with Crippen LogP contribution < -0.4 is 10.0 Å². The van der Waals surface area contributed by atoms with Crippen molar-refractivity contribution in [1.29, 1.82) is 0 Å². The number of nitrogens with zero attached hydrogens (tertiary/aromatic N) is 1. The van der Waals surface area contributed by atoms with Gasteiger partial charge < -0.3 is 5.73 Å². The van der Waals surface area contributed by atoms with Crippen LogP contribution in [0.25, 0.3) is 0 Å². The summed E-state index contributed by atoms with van der Waals surface area (Å²) < 4.78 is 38.3. The smallest absolute Gasteiger partial charge is 0.234 e. The van der Waals surface area contributed by atoms with Gasteiger partial charge in [0.05, 0.1) is 11.4 Å². The van der Waals surface area contributed by atoms with Gasteiger partial charge in [0.25, 0.3) is 0 Å². The highest BCUT2D eigenvalue weighted by atomic mass is 32.2. The van der Waals surface area contributed by atoms with Crippen LogP contribution in [-0.2, 0) is 16.6 Å². The molecule has 1 aromatic rings. The second-order valence-corrected chi connectivity index (χ2v) is 5.73. The Bertz CT molecular complexity index is 488. The number of anilines is 1. The van der Waals surface area contributed by atoms with Gasteiger partial charge in [-0.3, -0.25) is 4.31 Å². The molecule has 0 atom stereocenters. The average molecular weight is 260 g/mol. The summed E-state index contributed by atoms with van der Waals surface area (Å²) in [4.78, 5) is 0. The van der Waals surface area contributed by atoms with E-state index >= 15 is 0 Å². The van der Waals surface area contributed by atoms with Crippen LogP contribution in [0.2, 0.25) is 0 Å². The van der Waals surface area contributed by atoms with Crippen molar-refractivity contribution in [3.63, 3.8) is 0 Å². The van der Waals surface area contributed by atoms with Gasteiger partial charge in [-0.15, -0.1) is 0 Å². The van der Waals surface area contributed by atoms with Gasteiger partial charge in [-0.05, 0) is 26.0 Å². The number of hydrogen-bond donors (Lipinski definition) is 1. The fourth-order valence-electron chi connectivity index (χ4n) is 1.55. The van der Waals surface area contributed by atoms with Crippen LogP contribution in [-0.4, -0.2) is 20.7 Å². The second kappa shape index (κ2) is 5.46. The number of sulfonamides is 1. The number of benzene rings is 1. The Morgan fingerprint density at radius 3 is 2.41 bits per heavy atom. The van der Waals surface area contributed by atoms with Crippen molar-refractivity contribution >= 4 is 15.7 Å². The lowest BCUT2D eigenvalue weighted by molar-refractivity contribution is 0.592. The maximum Gasteiger partial charge on any atom is 0.234 e. The van der Waals surface area contributed by atoms with E-state index in [1.165, 1.54) is 16.4 Å². The molecule has 0 aliphatic rings. The minimum Gasteiger partial charge on any atom is -0.326 e. The van der Waals surface area contributed by atoms with E-state index in [0.29, 0.717) is 11.3 Å². The van der Waals surface area contributed by atoms with E-state index in [2.05, 4.69) is 0 Å². The average Bonchev–Trinajstić information content (AvgIpc) is 2.30.